The molecule has 0 aliphatic carbocycles. The van der Waals surface area contributed by atoms with Gasteiger partial charge in [-0.2, -0.15) is 0 Å². The number of halogens is 1. The molecule has 2 aromatic carbocycles. The van der Waals surface area contributed by atoms with Crippen molar-refractivity contribution < 1.29 is 19.1 Å². The average Bonchev–Trinajstić information content (AvgIpc) is 2.63. The minimum Gasteiger partial charge on any atom is -0.486 e. The standard InChI is InChI=1S/C19H19BrN2O4/c1-12-9-14(20)4-5-15(12)21-18(23)11-22(2)19(24)13-3-6-16-17(10-13)26-8-7-25-16/h3-6,9-10H,7-8,11H2,1-2H3,(H,21,23). The lowest BCUT2D eigenvalue weighted by Crippen LogP contribution is -2.35. The van der Waals surface area contributed by atoms with Gasteiger partial charge in [0.1, 0.15) is 13.2 Å². The molecule has 26 heavy (non-hydrogen) atoms. The molecule has 0 radical (unpaired) electrons. The minimum atomic E-state index is -0.260. The molecule has 0 saturated carbocycles. The Morgan fingerprint density at radius 2 is 1.85 bits per heavy atom. The first-order chi connectivity index (χ1) is 12.4. The van der Waals surface area contributed by atoms with E-state index in [-0.39, 0.29) is 18.4 Å². The van der Waals surface area contributed by atoms with Gasteiger partial charge in [0.25, 0.3) is 5.91 Å². The number of rotatable bonds is 4. The molecule has 1 heterocycles. The molecule has 0 fully saturated rings. The summed E-state index contributed by atoms with van der Waals surface area (Å²) in [5, 5.41) is 2.83. The molecule has 1 aliphatic rings. The molecule has 6 nitrogen and oxygen atoms in total. The fourth-order valence-electron chi connectivity index (χ4n) is 2.64. The predicted molar refractivity (Wildman–Crippen MR) is 102 cm³/mol. The zero-order valence-corrected chi connectivity index (χ0v) is 16.1. The molecule has 2 aromatic rings. The quantitative estimate of drug-likeness (QED) is 0.827. The lowest BCUT2D eigenvalue weighted by Gasteiger charge is -2.21. The molecule has 0 aromatic heterocycles. The van der Waals surface area contributed by atoms with E-state index in [1.165, 1.54) is 4.90 Å². The number of ether oxygens (including phenoxy) is 2. The van der Waals surface area contributed by atoms with Gasteiger partial charge < -0.3 is 19.7 Å². The van der Waals surface area contributed by atoms with Crippen LogP contribution in [-0.4, -0.2) is 43.5 Å². The summed E-state index contributed by atoms with van der Waals surface area (Å²) >= 11 is 3.39. The molecule has 2 amide bonds. The van der Waals surface area contributed by atoms with Gasteiger partial charge >= 0.3 is 0 Å². The van der Waals surface area contributed by atoms with E-state index in [0.717, 1.165) is 15.7 Å². The maximum absolute atomic E-state index is 12.6. The van der Waals surface area contributed by atoms with Crippen molar-refractivity contribution in [2.75, 3.05) is 32.1 Å². The van der Waals surface area contributed by atoms with Crippen LogP contribution in [0.15, 0.2) is 40.9 Å². The second-order valence-electron chi connectivity index (χ2n) is 6.03. The van der Waals surface area contributed by atoms with Crippen molar-refractivity contribution in [3.8, 4) is 11.5 Å². The van der Waals surface area contributed by atoms with E-state index in [2.05, 4.69) is 21.2 Å². The van der Waals surface area contributed by atoms with E-state index in [1.807, 2.05) is 25.1 Å². The van der Waals surface area contributed by atoms with Crippen molar-refractivity contribution in [1.82, 2.24) is 4.90 Å². The van der Waals surface area contributed by atoms with Crippen molar-refractivity contribution in [3.63, 3.8) is 0 Å². The Morgan fingerprint density at radius 1 is 1.12 bits per heavy atom. The summed E-state index contributed by atoms with van der Waals surface area (Å²) in [5.41, 5.74) is 2.11. The Labute approximate surface area is 160 Å². The Morgan fingerprint density at radius 3 is 2.58 bits per heavy atom. The number of nitrogens with zero attached hydrogens (tertiary/aromatic N) is 1. The van der Waals surface area contributed by atoms with Crippen molar-refractivity contribution in [2.45, 2.75) is 6.92 Å². The maximum Gasteiger partial charge on any atom is 0.254 e. The summed E-state index contributed by atoms with van der Waals surface area (Å²) in [7, 11) is 1.59. The van der Waals surface area contributed by atoms with Crippen molar-refractivity contribution >= 4 is 33.4 Å². The number of benzene rings is 2. The Balaban J connectivity index is 1.64. The summed E-state index contributed by atoms with van der Waals surface area (Å²) in [6, 6.07) is 10.6. The van der Waals surface area contributed by atoms with Gasteiger partial charge in [0.15, 0.2) is 11.5 Å². The van der Waals surface area contributed by atoms with Crippen molar-refractivity contribution in [3.05, 3.63) is 52.0 Å². The SMILES string of the molecule is Cc1cc(Br)ccc1NC(=O)CN(C)C(=O)c1ccc2c(c1)OCCO2. The minimum absolute atomic E-state index is 0.0528. The smallest absolute Gasteiger partial charge is 0.254 e. The maximum atomic E-state index is 12.6. The number of hydrogen-bond donors (Lipinski definition) is 1. The number of amides is 2. The van der Waals surface area contributed by atoms with Crippen LogP contribution in [0.25, 0.3) is 0 Å². The Bertz CT molecular complexity index is 853. The summed E-state index contributed by atoms with van der Waals surface area (Å²) < 4.78 is 11.9. The molecule has 0 atom stereocenters. The van der Waals surface area contributed by atoms with E-state index >= 15 is 0 Å². The third-order valence-corrected chi connectivity index (χ3v) is 4.47. The summed E-state index contributed by atoms with van der Waals surface area (Å²) in [5.74, 6) is 0.651. The van der Waals surface area contributed by atoms with E-state index in [1.54, 1.807) is 25.2 Å². The molecule has 0 bridgehead atoms. The Hall–Kier alpha value is -2.54. The van der Waals surface area contributed by atoms with E-state index < -0.39 is 0 Å². The van der Waals surface area contributed by atoms with E-state index in [0.29, 0.717) is 30.3 Å². The van der Waals surface area contributed by atoms with Gasteiger partial charge in [-0.3, -0.25) is 9.59 Å². The number of aryl methyl sites for hydroxylation is 1. The second kappa shape index (κ2) is 7.78. The molecule has 7 heteroatoms. The molecular formula is C19H19BrN2O4. The third-order valence-electron chi connectivity index (χ3n) is 3.98. The van der Waals surface area contributed by atoms with Crippen LogP contribution in [0.5, 0.6) is 11.5 Å². The highest BCUT2D eigenvalue weighted by Crippen LogP contribution is 2.31. The van der Waals surface area contributed by atoms with E-state index in [9.17, 15) is 9.59 Å². The lowest BCUT2D eigenvalue weighted by atomic mass is 10.1. The molecular weight excluding hydrogens is 400 g/mol. The first kappa shape index (κ1) is 18.3. The third kappa shape index (κ3) is 4.16. The highest BCUT2D eigenvalue weighted by Gasteiger charge is 2.19. The summed E-state index contributed by atoms with van der Waals surface area (Å²) in [6.07, 6.45) is 0. The summed E-state index contributed by atoms with van der Waals surface area (Å²) in [4.78, 5) is 26.2. The van der Waals surface area contributed by atoms with Gasteiger partial charge in [-0.15, -0.1) is 0 Å². The molecule has 136 valence electrons. The zero-order chi connectivity index (χ0) is 18.7. The number of carbonyl (C=O) groups excluding carboxylic acids is 2. The van der Waals surface area contributed by atoms with Gasteiger partial charge in [-0.05, 0) is 48.9 Å². The van der Waals surface area contributed by atoms with Crippen molar-refractivity contribution in [1.29, 1.82) is 0 Å². The number of carbonyl (C=O) groups is 2. The molecule has 0 spiro atoms. The monoisotopic (exact) mass is 418 g/mol. The van der Waals surface area contributed by atoms with Crippen LogP contribution in [0, 0.1) is 6.92 Å². The average molecular weight is 419 g/mol. The molecule has 0 saturated heterocycles. The van der Waals surface area contributed by atoms with Crippen LogP contribution in [0.1, 0.15) is 15.9 Å². The highest BCUT2D eigenvalue weighted by molar-refractivity contribution is 9.10. The number of hydrogen-bond acceptors (Lipinski definition) is 4. The topological polar surface area (TPSA) is 67.9 Å². The fourth-order valence-corrected chi connectivity index (χ4v) is 3.12. The second-order valence-corrected chi connectivity index (χ2v) is 6.94. The van der Waals surface area contributed by atoms with Gasteiger partial charge in [0.05, 0.1) is 6.54 Å². The predicted octanol–water partition coefficient (Wildman–Crippen LogP) is 3.24. The molecule has 0 unspecified atom stereocenters. The van der Waals surface area contributed by atoms with Gasteiger partial charge in [-0.1, -0.05) is 15.9 Å². The number of nitrogens with one attached hydrogen (secondary N) is 1. The van der Waals surface area contributed by atoms with Crippen LogP contribution in [-0.2, 0) is 4.79 Å². The van der Waals surface area contributed by atoms with Crippen LogP contribution in [0.4, 0.5) is 5.69 Å². The van der Waals surface area contributed by atoms with Crippen LogP contribution >= 0.6 is 15.9 Å². The number of anilines is 1. The van der Waals surface area contributed by atoms with Gasteiger partial charge in [0.2, 0.25) is 5.91 Å². The van der Waals surface area contributed by atoms with Crippen molar-refractivity contribution in [2.24, 2.45) is 0 Å². The van der Waals surface area contributed by atoms with Gasteiger partial charge in [-0.25, -0.2) is 0 Å². The first-order valence-corrected chi connectivity index (χ1v) is 8.94. The molecule has 1 aliphatic heterocycles. The van der Waals surface area contributed by atoms with Crippen LogP contribution in [0.3, 0.4) is 0 Å². The first-order valence-electron chi connectivity index (χ1n) is 8.15. The van der Waals surface area contributed by atoms with Crippen LogP contribution < -0.4 is 14.8 Å². The lowest BCUT2D eigenvalue weighted by molar-refractivity contribution is -0.116. The highest BCUT2D eigenvalue weighted by atomic mass is 79.9. The van der Waals surface area contributed by atoms with Crippen LogP contribution in [0.2, 0.25) is 0 Å². The number of fused-ring (bicyclic) bond motifs is 1. The molecule has 1 N–H and O–H groups in total. The molecule has 3 rings (SSSR count). The van der Waals surface area contributed by atoms with E-state index in [4.69, 9.17) is 9.47 Å². The summed E-state index contributed by atoms with van der Waals surface area (Å²) in [6.45, 7) is 2.80. The fraction of sp³-hybridized carbons (Fsp3) is 0.263. The largest absolute Gasteiger partial charge is 0.486 e. The normalized spacial score (nSPS) is 12.4. The zero-order valence-electron chi connectivity index (χ0n) is 14.5. The Kier molecular flexibility index (Phi) is 5.46. The van der Waals surface area contributed by atoms with Gasteiger partial charge in [0, 0.05) is 22.8 Å². The number of likely N-dealkylation sites (N-methyl/N-ethyl adjacent to an activating group) is 1.